The molecule has 0 radical (unpaired) electrons. The largest absolute Gasteiger partial charge is 0.509 e. The summed E-state index contributed by atoms with van der Waals surface area (Å²) in [4.78, 5) is 25.0. The lowest BCUT2D eigenvalue weighted by Gasteiger charge is -2.52. The number of carbonyl (C=O) groups excluding carboxylic acids is 1. The Morgan fingerprint density at radius 1 is 1.23 bits per heavy atom. The van der Waals surface area contributed by atoms with Crippen LogP contribution < -0.4 is 9.64 Å². The Morgan fingerprint density at radius 2 is 1.94 bits per heavy atom. The highest BCUT2D eigenvalue weighted by atomic mass is 16.7. The quantitative estimate of drug-likeness (QED) is 0.280. The highest BCUT2D eigenvalue weighted by Crippen LogP contribution is 2.49. The zero-order chi connectivity index (χ0) is 25.3. The first-order chi connectivity index (χ1) is 16.7. The first-order valence-electron chi connectivity index (χ1n) is 11.1. The van der Waals surface area contributed by atoms with Crippen LogP contribution in [-0.4, -0.2) is 61.7 Å². The molecule has 35 heavy (non-hydrogen) atoms. The van der Waals surface area contributed by atoms with E-state index in [1.54, 1.807) is 11.8 Å². The number of para-hydroxylation sites is 1. The van der Waals surface area contributed by atoms with E-state index in [0.717, 1.165) is 5.56 Å². The SMILES string of the molecule is COC(=O)O[C@H]1CCc2ccccc2N1[C@@H]1c2cc([N+](=O)[O-])ccc2O[C@](C)(C(OC)OC)[C@H]1O. The zero-order valence-corrected chi connectivity index (χ0v) is 19.9. The Bertz CT molecular complexity index is 1110. The predicted molar refractivity (Wildman–Crippen MR) is 123 cm³/mol. The number of aryl methyl sites for hydroxylation is 1. The molecule has 1 N–H and O–H groups in total. The molecule has 2 aliphatic rings. The fourth-order valence-corrected chi connectivity index (χ4v) is 4.96. The van der Waals surface area contributed by atoms with Crippen molar-refractivity contribution in [3.8, 4) is 5.75 Å². The first kappa shape index (κ1) is 24.7. The van der Waals surface area contributed by atoms with Gasteiger partial charge in [-0.3, -0.25) is 10.1 Å². The first-order valence-corrected chi connectivity index (χ1v) is 11.1. The number of methoxy groups -OCH3 is 3. The summed E-state index contributed by atoms with van der Waals surface area (Å²) in [5.74, 6) is 0.312. The molecule has 2 aromatic rings. The Morgan fingerprint density at radius 3 is 2.60 bits per heavy atom. The summed E-state index contributed by atoms with van der Waals surface area (Å²) in [5, 5.41) is 23.4. The summed E-state index contributed by atoms with van der Waals surface area (Å²) >= 11 is 0. The summed E-state index contributed by atoms with van der Waals surface area (Å²) in [5.41, 5.74) is 0.466. The van der Waals surface area contributed by atoms with E-state index < -0.39 is 41.3 Å². The molecule has 2 heterocycles. The van der Waals surface area contributed by atoms with Crippen molar-refractivity contribution >= 4 is 17.5 Å². The van der Waals surface area contributed by atoms with Gasteiger partial charge in [-0.15, -0.1) is 0 Å². The minimum absolute atomic E-state index is 0.168. The Balaban J connectivity index is 1.94. The third-order valence-electron chi connectivity index (χ3n) is 6.57. The molecule has 2 aromatic carbocycles. The molecular weight excluding hydrogens is 460 g/mol. The molecule has 2 aliphatic heterocycles. The Labute approximate surface area is 202 Å². The average Bonchev–Trinajstić information content (AvgIpc) is 2.85. The van der Waals surface area contributed by atoms with Crippen molar-refractivity contribution in [2.24, 2.45) is 0 Å². The highest BCUT2D eigenvalue weighted by molar-refractivity contribution is 5.64. The van der Waals surface area contributed by atoms with E-state index in [0.29, 0.717) is 29.8 Å². The zero-order valence-electron chi connectivity index (χ0n) is 19.9. The van der Waals surface area contributed by atoms with E-state index >= 15 is 0 Å². The standard InChI is InChI=1S/C24H28N2O9/c1-24(22(31-2)32-3)21(27)20(16-13-15(26(29)30)10-11-18(16)35-24)25-17-8-6-5-7-14(17)9-12-19(25)34-23(28)33-4/h5-8,10-11,13,19-22,27H,9,12H2,1-4H3/t19-,20+,21-,24-/m0/s1. The third-order valence-corrected chi connectivity index (χ3v) is 6.57. The molecule has 0 unspecified atom stereocenters. The molecule has 0 aromatic heterocycles. The van der Waals surface area contributed by atoms with E-state index in [4.69, 9.17) is 23.7 Å². The third kappa shape index (κ3) is 4.26. The van der Waals surface area contributed by atoms with Gasteiger partial charge in [0.25, 0.3) is 5.69 Å². The van der Waals surface area contributed by atoms with Crippen LogP contribution in [0.2, 0.25) is 0 Å². The molecule has 0 spiro atoms. The van der Waals surface area contributed by atoms with E-state index in [2.05, 4.69) is 0 Å². The number of benzene rings is 2. The smallest absolute Gasteiger partial charge is 0.479 e. The number of anilines is 1. The van der Waals surface area contributed by atoms with E-state index in [1.165, 1.54) is 39.5 Å². The van der Waals surface area contributed by atoms with Gasteiger partial charge in [-0.25, -0.2) is 4.79 Å². The summed E-state index contributed by atoms with van der Waals surface area (Å²) in [7, 11) is 4.06. The van der Waals surface area contributed by atoms with E-state index in [9.17, 15) is 20.0 Å². The topological polar surface area (TPSA) is 130 Å². The van der Waals surface area contributed by atoms with Crippen LogP contribution in [0.4, 0.5) is 16.2 Å². The highest BCUT2D eigenvalue weighted by Gasteiger charge is 2.55. The van der Waals surface area contributed by atoms with Crippen LogP contribution in [-0.2, 0) is 25.4 Å². The lowest BCUT2D eigenvalue weighted by molar-refractivity contribution is -0.385. The predicted octanol–water partition coefficient (Wildman–Crippen LogP) is 3.33. The Kier molecular flexibility index (Phi) is 6.84. The van der Waals surface area contributed by atoms with Crippen LogP contribution in [0.25, 0.3) is 0 Å². The number of nitro benzene ring substituents is 1. The lowest BCUT2D eigenvalue weighted by Crippen LogP contribution is -2.63. The second kappa shape index (κ2) is 9.68. The monoisotopic (exact) mass is 488 g/mol. The van der Waals surface area contributed by atoms with Crippen LogP contribution in [0.3, 0.4) is 0 Å². The summed E-state index contributed by atoms with van der Waals surface area (Å²) in [6.07, 6.45) is -2.98. The molecule has 0 aliphatic carbocycles. The van der Waals surface area contributed by atoms with Crippen molar-refractivity contribution in [2.45, 2.75) is 50.0 Å². The van der Waals surface area contributed by atoms with Gasteiger partial charge in [0.15, 0.2) is 18.1 Å². The van der Waals surface area contributed by atoms with Gasteiger partial charge < -0.3 is 33.7 Å². The van der Waals surface area contributed by atoms with Crippen molar-refractivity contribution in [2.75, 3.05) is 26.2 Å². The molecule has 4 rings (SSSR count). The lowest BCUT2D eigenvalue weighted by atomic mass is 9.82. The van der Waals surface area contributed by atoms with Crippen molar-refractivity contribution in [3.05, 3.63) is 63.7 Å². The van der Waals surface area contributed by atoms with Crippen LogP contribution in [0.1, 0.15) is 30.5 Å². The van der Waals surface area contributed by atoms with Gasteiger partial charge in [0.05, 0.1) is 18.1 Å². The number of fused-ring (bicyclic) bond motifs is 2. The second-order valence-corrected chi connectivity index (χ2v) is 8.56. The molecule has 11 nitrogen and oxygen atoms in total. The molecule has 0 saturated heterocycles. The minimum Gasteiger partial charge on any atom is -0.479 e. The second-order valence-electron chi connectivity index (χ2n) is 8.56. The maximum atomic E-state index is 12.1. The van der Waals surface area contributed by atoms with Gasteiger partial charge in [-0.2, -0.15) is 0 Å². The summed E-state index contributed by atoms with van der Waals surface area (Å²) in [6, 6.07) is 10.8. The van der Waals surface area contributed by atoms with Gasteiger partial charge in [0.2, 0.25) is 0 Å². The molecule has 0 amide bonds. The molecule has 0 bridgehead atoms. The molecule has 4 atom stereocenters. The maximum Gasteiger partial charge on any atom is 0.509 e. The number of carbonyl (C=O) groups is 1. The molecule has 11 heteroatoms. The van der Waals surface area contributed by atoms with Crippen LogP contribution >= 0.6 is 0 Å². The molecule has 188 valence electrons. The molecular formula is C24H28N2O9. The number of aliphatic hydroxyl groups is 1. The normalized spacial score (nSPS) is 25.3. The van der Waals surface area contributed by atoms with Crippen molar-refractivity contribution in [3.63, 3.8) is 0 Å². The number of hydrogen-bond donors (Lipinski definition) is 1. The van der Waals surface area contributed by atoms with Crippen molar-refractivity contribution < 1.29 is 38.5 Å². The van der Waals surface area contributed by atoms with Gasteiger partial charge in [-0.05, 0) is 31.0 Å². The van der Waals surface area contributed by atoms with Crippen molar-refractivity contribution in [1.29, 1.82) is 0 Å². The van der Waals surface area contributed by atoms with E-state index in [-0.39, 0.29) is 5.69 Å². The minimum atomic E-state index is -1.42. The van der Waals surface area contributed by atoms with Crippen LogP contribution in [0.15, 0.2) is 42.5 Å². The maximum absolute atomic E-state index is 12.1. The number of ether oxygens (including phenoxy) is 5. The number of aliphatic hydroxyl groups excluding tert-OH is 1. The molecule has 0 saturated carbocycles. The summed E-state index contributed by atoms with van der Waals surface area (Å²) in [6.45, 7) is 1.64. The number of nitro groups is 1. The van der Waals surface area contributed by atoms with Crippen molar-refractivity contribution in [1.82, 2.24) is 0 Å². The van der Waals surface area contributed by atoms with E-state index in [1.807, 2.05) is 24.3 Å². The number of rotatable bonds is 6. The molecule has 0 fully saturated rings. The van der Waals surface area contributed by atoms with Gasteiger partial charge in [0, 0.05) is 44.0 Å². The Hall–Kier alpha value is -3.41. The van der Waals surface area contributed by atoms with Gasteiger partial charge in [-0.1, -0.05) is 18.2 Å². The average molecular weight is 488 g/mol. The summed E-state index contributed by atoms with van der Waals surface area (Å²) < 4.78 is 27.4. The fourth-order valence-electron chi connectivity index (χ4n) is 4.96. The van der Waals surface area contributed by atoms with Crippen LogP contribution in [0, 0.1) is 10.1 Å². The number of nitrogens with zero attached hydrogens (tertiary/aromatic N) is 2. The number of non-ortho nitro benzene ring substituents is 1. The van der Waals surface area contributed by atoms with Crippen LogP contribution in [0.5, 0.6) is 5.75 Å². The van der Waals surface area contributed by atoms with Gasteiger partial charge >= 0.3 is 6.16 Å². The van der Waals surface area contributed by atoms with Gasteiger partial charge in [0.1, 0.15) is 11.9 Å². The number of hydrogen-bond acceptors (Lipinski definition) is 10. The fraction of sp³-hybridized carbons (Fsp3) is 0.458.